The number of benzene rings is 1. The van der Waals surface area contributed by atoms with Crippen LogP contribution in [0, 0.1) is 0 Å². The zero-order chi connectivity index (χ0) is 10.8. The van der Waals surface area contributed by atoms with Gasteiger partial charge in [0.05, 0.1) is 5.56 Å². The van der Waals surface area contributed by atoms with Gasteiger partial charge < -0.3 is 5.32 Å². The van der Waals surface area contributed by atoms with Gasteiger partial charge in [0.25, 0.3) is 0 Å². The molecular weight excluding hydrogens is 191 g/mol. The van der Waals surface area contributed by atoms with Crippen molar-refractivity contribution in [2.24, 2.45) is 0 Å². The van der Waals surface area contributed by atoms with Crippen LogP contribution in [0.25, 0.3) is 0 Å². The van der Waals surface area contributed by atoms with E-state index >= 15 is 0 Å². The molecule has 0 amide bonds. The minimum Gasteiger partial charge on any atom is -0.382 e. The van der Waals surface area contributed by atoms with Gasteiger partial charge in [-0.1, -0.05) is 12.1 Å². The predicted octanol–water partition coefficient (Wildman–Crippen LogP) is 3.53. The van der Waals surface area contributed by atoms with Crippen LogP contribution in [-0.4, -0.2) is 6.04 Å². The predicted molar refractivity (Wildman–Crippen MR) is 50.2 cm³/mol. The number of anilines is 1. The van der Waals surface area contributed by atoms with Crippen LogP contribution in [0.3, 0.4) is 0 Å². The van der Waals surface area contributed by atoms with E-state index in [2.05, 4.69) is 5.32 Å². The molecule has 4 heteroatoms. The van der Waals surface area contributed by atoms with Crippen molar-refractivity contribution in [3.8, 4) is 0 Å². The summed E-state index contributed by atoms with van der Waals surface area (Å²) in [4.78, 5) is 0. The lowest BCUT2D eigenvalue weighted by molar-refractivity contribution is -0.137. The molecule has 0 atom stereocenters. The van der Waals surface area contributed by atoms with Crippen molar-refractivity contribution >= 4 is 5.69 Å². The Kier molecular flexibility index (Phi) is 3.03. The fraction of sp³-hybridized carbons (Fsp3) is 0.400. The Bertz CT molecular complexity index is 304. The third kappa shape index (κ3) is 2.65. The Morgan fingerprint density at radius 2 is 1.71 bits per heavy atom. The summed E-state index contributed by atoms with van der Waals surface area (Å²) in [6.45, 7) is 3.60. The zero-order valence-corrected chi connectivity index (χ0v) is 8.02. The normalized spacial score (nSPS) is 11.9. The largest absolute Gasteiger partial charge is 0.418 e. The SMILES string of the molecule is CC(C)Nc1ccccc1C(F)(F)F. The van der Waals surface area contributed by atoms with Crippen molar-refractivity contribution < 1.29 is 13.2 Å². The van der Waals surface area contributed by atoms with Crippen molar-refractivity contribution in [3.05, 3.63) is 29.8 Å². The second-order valence-corrected chi connectivity index (χ2v) is 3.34. The molecule has 78 valence electrons. The molecule has 1 aromatic rings. The van der Waals surface area contributed by atoms with E-state index in [-0.39, 0.29) is 11.7 Å². The van der Waals surface area contributed by atoms with Crippen molar-refractivity contribution in [2.45, 2.75) is 26.1 Å². The highest BCUT2D eigenvalue weighted by molar-refractivity contribution is 5.52. The molecule has 0 fully saturated rings. The number of halogens is 3. The van der Waals surface area contributed by atoms with Crippen LogP contribution in [0.5, 0.6) is 0 Å². The highest BCUT2D eigenvalue weighted by atomic mass is 19.4. The number of para-hydroxylation sites is 1. The van der Waals surface area contributed by atoms with Crippen LogP contribution in [-0.2, 0) is 6.18 Å². The molecule has 0 spiro atoms. The molecule has 0 aliphatic heterocycles. The molecule has 0 aromatic heterocycles. The second-order valence-electron chi connectivity index (χ2n) is 3.34. The summed E-state index contributed by atoms with van der Waals surface area (Å²) in [5.74, 6) is 0. The summed E-state index contributed by atoms with van der Waals surface area (Å²) >= 11 is 0. The first-order chi connectivity index (χ1) is 6.41. The standard InChI is InChI=1S/C10H12F3N/c1-7(2)14-9-6-4-3-5-8(9)10(11,12)13/h3-7,14H,1-2H3. The maximum absolute atomic E-state index is 12.5. The lowest BCUT2D eigenvalue weighted by Crippen LogP contribution is -2.15. The van der Waals surface area contributed by atoms with Gasteiger partial charge in [0, 0.05) is 11.7 Å². The zero-order valence-electron chi connectivity index (χ0n) is 8.02. The summed E-state index contributed by atoms with van der Waals surface area (Å²) < 4.78 is 37.4. The van der Waals surface area contributed by atoms with Crippen LogP contribution < -0.4 is 5.32 Å². The highest BCUT2D eigenvalue weighted by Gasteiger charge is 2.33. The Morgan fingerprint density at radius 1 is 1.14 bits per heavy atom. The first kappa shape index (κ1) is 10.9. The van der Waals surface area contributed by atoms with Gasteiger partial charge in [-0.15, -0.1) is 0 Å². The summed E-state index contributed by atoms with van der Waals surface area (Å²) in [5, 5.41) is 2.76. The lowest BCUT2D eigenvalue weighted by atomic mass is 10.1. The molecule has 1 N–H and O–H groups in total. The minimum atomic E-state index is -4.29. The fourth-order valence-electron chi connectivity index (χ4n) is 1.17. The van der Waals surface area contributed by atoms with Gasteiger partial charge in [0.15, 0.2) is 0 Å². The molecule has 0 bridgehead atoms. The number of alkyl halides is 3. The summed E-state index contributed by atoms with van der Waals surface area (Å²) in [6.07, 6.45) is -4.29. The van der Waals surface area contributed by atoms with Gasteiger partial charge in [-0.25, -0.2) is 0 Å². The van der Waals surface area contributed by atoms with E-state index in [1.807, 2.05) is 0 Å². The van der Waals surface area contributed by atoms with Gasteiger partial charge in [-0.2, -0.15) is 13.2 Å². The topological polar surface area (TPSA) is 12.0 Å². The van der Waals surface area contributed by atoms with Crippen molar-refractivity contribution in [2.75, 3.05) is 5.32 Å². The minimum absolute atomic E-state index is 0.0153. The summed E-state index contributed by atoms with van der Waals surface area (Å²) in [5.41, 5.74) is -0.483. The smallest absolute Gasteiger partial charge is 0.382 e. The Balaban J connectivity index is 3.04. The van der Waals surface area contributed by atoms with E-state index < -0.39 is 11.7 Å². The van der Waals surface area contributed by atoms with E-state index in [0.717, 1.165) is 6.07 Å². The molecule has 0 saturated heterocycles. The molecule has 1 rings (SSSR count). The summed E-state index contributed by atoms with van der Waals surface area (Å²) in [6, 6.07) is 5.46. The van der Waals surface area contributed by atoms with E-state index in [4.69, 9.17) is 0 Å². The first-order valence-corrected chi connectivity index (χ1v) is 4.34. The maximum atomic E-state index is 12.5. The van der Waals surface area contributed by atoms with Crippen LogP contribution >= 0.6 is 0 Å². The Hall–Kier alpha value is -1.19. The maximum Gasteiger partial charge on any atom is 0.418 e. The molecule has 0 aliphatic carbocycles. The van der Waals surface area contributed by atoms with E-state index in [1.54, 1.807) is 19.9 Å². The van der Waals surface area contributed by atoms with E-state index in [0.29, 0.717) is 0 Å². The first-order valence-electron chi connectivity index (χ1n) is 4.34. The fourth-order valence-corrected chi connectivity index (χ4v) is 1.17. The van der Waals surface area contributed by atoms with Crippen LogP contribution in [0.1, 0.15) is 19.4 Å². The number of nitrogens with one attached hydrogen (secondary N) is 1. The van der Waals surface area contributed by atoms with E-state index in [9.17, 15) is 13.2 Å². The molecule has 0 aliphatic rings. The average Bonchev–Trinajstić information content (AvgIpc) is 2.01. The van der Waals surface area contributed by atoms with Crippen LogP contribution in [0.4, 0.5) is 18.9 Å². The third-order valence-corrected chi connectivity index (χ3v) is 1.68. The Morgan fingerprint density at radius 3 is 2.21 bits per heavy atom. The van der Waals surface area contributed by atoms with Crippen LogP contribution in [0.2, 0.25) is 0 Å². The molecular formula is C10H12F3N. The van der Waals surface area contributed by atoms with E-state index in [1.165, 1.54) is 12.1 Å². The molecule has 0 saturated carbocycles. The van der Waals surface area contributed by atoms with Gasteiger partial charge in [0.1, 0.15) is 0 Å². The number of hydrogen-bond acceptors (Lipinski definition) is 1. The van der Waals surface area contributed by atoms with Crippen LogP contribution in [0.15, 0.2) is 24.3 Å². The van der Waals surface area contributed by atoms with Gasteiger partial charge in [-0.05, 0) is 26.0 Å². The molecule has 1 nitrogen and oxygen atoms in total. The van der Waals surface area contributed by atoms with Gasteiger partial charge in [0.2, 0.25) is 0 Å². The molecule has 0 heterocycles. The number of hydrogen-bond donors (Lipinski definition) is 1. The van der Waals surface area contributed by atoms with Crippen molar-refractivity contribution in [3.63, 3.8) is 0 Å². The van der Waals surface area contributed by atoms with Crippen molar-refractivity contribution in [1.29, 1.82) is 0 Å². The Labute approximate surface area is 80.9 Å². The number of rotatable bonds is 2. The second kappa shape index (κ2) is 3.90. The quantitative estimate of drug-likeness (QED) is 0.775. The summed E-state index contributed by atoms with van der Waals surface area (Å²) in [7, 11) is 0. The van der Waals surface area contributed by atoms with Crippen molar-refractivity contribution in [1.82, 2.24) is 0 Å². The average molecular weight is 203 g/mol. The molecule has 0 radical (unpaired) electrons. The van der Waals surface area contributed by atoms with Gasteiger partial charge >= 0.3 is 6.18 Å². The molecule has 0 unspecified atom stereocenters. The van der Waals surface area contributed by atoms with Gasteiger partial charge in [-0.3, -0.25) is 0 Å². The molecule has 14 heavy (non-hydrogen) atoms. The lowest BCUT2D eigenvalue weighted by Gasteiger charge is -2.16. The third-order valence-electron chi connectivity index (χ3n) is 1.68. The monoisotopic (exact) mass is 203 g/mol. The highest BCUT2D eigenvalue weighted by Crippen LogP contribution is 2.34. The molecule has 1 aromatic carbocycles.